The summed E-state index contributed by atoms with van der Waals surface area (Å²) in [4.78, 5) is 19.9. The van der Waals surface area contributed by atoms with E-state index in [1.54, 1.807) is 17.9 Å². The van der Waals surface area contributed by atoms with Crippen molar-refractivity contribution in [3.63, 3.8) is 0 Å². The van der Waals surface area contributed by atoms with Gasteiger partial charge in [0.1, 0.15) is 5.82 Å². The molecule has 0 fully saturated rings. The molecule has 0 aromatic carbocycles. The van der Waals surface area contributed by atoms with Gasteiger partial charge in [0.25, 0.3) is 0 Å². The number of hydrogen-bond acceptors (Lipinski definition) is 5. The number of nitrogen functional groups attached to an aromatic ring is 1. The first kappa shape index (κ1) is 12.1. The van der Waals surface area contributed by atoms with Crippen molar-refractivity contribution in [1.29, 1.82) is 0 Å². The van der Waals surface area contributed by atoms with Gasteiger partial charge in [0.15, 0.2) is 5.69 Å². The number of hydrogen-bond donors (Lipinski definition) is 1. The number of aryl methyl sites for hydroxylation is 2. The van der Waals surface area contributed by atoms with E-state index in [9.17, 15) is 4.79 Å². The molecule has 2 heterocycles. The summed E-state index contributed by atoms with van der Waals surface area (Å²) in [5.41, 5.74) is 8.21. The van der Waals surface area contributed by atoms with Crippen LogP contribution >= 0.6 is 0 Å². The number of aromatic nitrogens is 3. The number of imidazole rings is 1. The zero-order valence-corrected chi connectivity index (χ0v) is 10.5. The van der Waals surface area contributed by atoms with Gasteiger partial charge in [-0.25, -0.2) is 14.8 Å². The third-order valence-electron chi connectivity index (χ3n) is 2.63. The Morgan fingerprint density at radius 1 is 1.44 bits per heavy atom. The molecule has 94 valence electrons. The van der Waals surface area contributed by atoms with E-state index in [1.807, 2.05) is 19.1 Å². The van der Waals surface area contributed by atoms with Crippen molar-refractivity contribution in [2.24, 2.45) is 7.05 Å². The number of carbonyl (C=O) groups is 1. The monoisotopic (exact) mass is 246 g/mol. The highest BCUT2D eigenvalue weighted by Crippen LogP contribution is 2.27. The molecular formula is C12H14N4O2. The fraction of sp³-hybridized carbons (Fsp3) is 0.250. The Bertz CT molecular complexity index is 604. The van der Waals surface area contributed by atoms with E-state index >= 15 is 0 Å². The van der Waals surface area contributed by atoms with Crippen LogP contribution in [0.25, 0.3) is 11.3 Å². The second kappa shape index (κ2) is 4.48. The van der Waals surface area contributed by atoms with Crippen molar-refractivity contribution in [1.82, 2.24) is 14.5 Å². The molecular weight excluding hydrogens is 232 g/mol. The number of rotatable bonds is 2. The summed E-state index contributed by atoms with van der Waals surface area (Å²) in [5.74, 6) is -0.130. The molecule has 0 aliphatic rings. The summed E-state index contributed by atoms with van der Waals surface area (Å²) < 4.78 is 6.42. The molecule has 2 N–H and O–H groups in total. The van der Waals surface area contributed by atoms with Crippen LogP contribution in [-0.4, -0.2) is 27.6 Å². The number of ether oxygens (including phenoxy) is 1. The lowest BCUT2D eigenvalue weighted by atomic mass is 10.1. The fourth-order valence-electron chi connectivity index (χ4n) is 1.77. The zero-order chi connectivity index (χ0) is 13.3. The average molecular weight is 246 g/mol. The molecule has 2 aromatic rings. The van der Waals surface area contributed by atoms with Crippen molar-refractivity contribution in [2.45, 2.75) is 6.92 Å². The Hall–Kier alpha value is -2.37. The molecule has 0 unspecified atom stereocenters. The highest BCUT2D eigenvalue weighted by Gasteiger charge is 2.20. The van der Waals surface area contributed by atoms with Crippen LogP contribution in [0, 0.1) is 6.92 Å². The Labute approximate surface area is 104 Å². The van der Waals surface area contributed by atoms with Crippen LogP contribution in [0.5, 0.6) is 0 Å². The summed E-state index contributed by atoms with van der Waals surface area (Å²) in [7, 11) is 3.10. The molecule has 2 aromatic heterocycles. The van der Waals surface area contributed by atoms with Crippen molar-refractivity contribution >= 4 is 11.8 Å². The quantitative estimate of drug-likeness (QED) is 0.804. The summed E-state index contributed by atoms with van der Waals surface area (Å²) >= 11 is 0. The van der Waals surface area contributed by atoms with Gasteiger partial charge in [-0.15, -0.1) is 0 Å². The van der Waals surface area contributed by atoms with Crippen LogP contribution in [-0.2, 0) is 11.8 Å². The van der Waals surface area contributed by atoms with Crippen molar-refractivity contribution in [3.05, 3.63) is 29.8 Å². The summed E-state index contributed by atoms with van der Waals surface area (Å²) in [6.07, 6.45) is 1.54. The first-order valence-electron chi connectivity index (χ1n) is 5.37. The van der Waals surface area contributed by atoms with Crippen LogP contribution in [0.2, 0.25) is 0 Å². The number of carbonyl (C=O) groups excluding carboxylic acids is 1. The summed E-state index contributed by atoms with van der Waals surface area (Å²) in [6.45, 7) is 1.85. The number of esters is 1. The predicted octanol–water partition coefficient (Wildman–Crippen LogP) is 1.16. The normalized spacial score (nSPS) is 10.4. The minimum absolute atomic E-state index is 0.234. The highest BCUT2D eigenvalue weighted by atomic mass is 16.5. The molecule has 6 nitrogen and oxygen atoms in total. The number of nitrogens with zero attached hydrogens (tertiary/aromatic N) is 3. The lowest BCUT2D eigenvalue weighted by Crippen LogP contribution is -2.06. The standard InChI is InChI=1S/C12H14N4O2/c1-7-4-5-8(11(13)15-7)10-9(12(17)18-3)14-6-16(10)2/h4-6H,1-3H3,(H2,13,15). The van der Waals surface area contributed by atoms with Gasteiger partial charge < -0.3 is 15.0 Å². The van der Waals surface area contributed by atoms with Crippen LogP contribution in [0.3, 0.4) is 0 Å². The molecule has 0 atom stereocenters. The number of nitrogens with two attached hydrogens (primary N) is 1. The second-order valence-corrected chi connectivity index (χ2v) is 3.93. The summed E-state index contributed by atoms with van der Waals surface area (Å²) in [5, 5.41) is 0. The maximum atomic E-state index is 11.6. The number of pyridine rings is 1. The van der Waals surface area contributed by atoms with Crippen molar-refractivity contribution < 1.29 is 9.53 Å². The maximum absolute atomic E-state index is 11.6. The minimum Gasteiger partial charge on any atom is -0.464 e. The zero-order valence-electron chi connectivity index (χ0n) is 10.5. The third kappa shape index (κ3) is 1.92. The molecule has 0 spiro atoms. The van der Waals surface area contributed by atoms with Crippen LogP contribution in [0.15, 0.2) is 18.5 Å². The molecule has 0 aliphatic carbocycles. The Balaban J connectivity index is 2.63. The lowest BCUT2D eigenvalue weighted by molar-refractivity contribution is 0.0595. The van der Waals surface area contributed by atoms with E-state index < -0.39 is 5.97 Å². The molecule has 0 radical (unpaired) electrons. The van der Waals surface area contributed by atoms with E-state index in [0.29, 0.717) is 17.1 Å². The number of anilines is 1. The first-order valence-corrected chi connectivity index (χ1v) is 5.37. The van der Waals surface area contributed by atoms with E-state index in [0.717, 1.165) is 5.69 Å². The lowest BCUT2D eigenvalue weighted by Gasteiger charge is -2.08. The van der Waals surface area contributed by atoms with Crippen molar-refractivity contribution in [3.8, 4) is 11.3 Å². The molecule has 0 saturated heterocycles. The SMILES string of the molecule is COC(=O)c1ncn(C)c1-c1ccc(C)nc1N. The molecule has 6 heteroatoms. The van der Waals surface area contributed by atoms with Gasteiger partial charge >= 0.3 is 5.97 Å². The Morgan fingerprint density at radius 2 is 2.17 bits per heavy atom. The molecule has 0 aliphatic heterocycles. The van der Waals surface area contributed by atoms with E-state index in [4.69, 9.17) is 10.5 Å². The van der Waals surface area contributed by atoms with Gasteiger partial charge in [0, 0.05) is 18.3 Å². The topological polar surface area (TPSA) is 83.0 Å². The van der Waals surface area contributed by atoms with Gasteiger partial charge in [-0.05, 0) is 19.1 Å². The van der Waals surface area contributed by atoms with Crippen LogP contribution in [0.1, 0.15) is 16.2 Å². The molecule has 2 rings (SSSR count). The minimum atomic E-state index is -0.495. The number of methoxy groups -OCH3 is 1. The van der Waals surface area contributed by atoms with Gasteiger partial charge in [0.05, 0.1) is 19.1 Å². The molecule has 18 heavy (non-hydrogen) atoms. The van der Waals surface area contributed by atoms with Gasteiger partial charge in [-0.2, -0.15) is 0 Å². The van der Waals surface area contributed by atoms with Crippen LogP contribution in [0.4, 0.5) is 5.82 Å². The van der Waals surface area contributed by atoms with E-state index in [-0.39, 0.29) is 5.69 Å². The Kier molecular flexibility index (Phi) is 3.01. The summed E-state index contributed by atoms with van der Waals surface area (Å²) in [6, 6.07) is 3.65. The third-order valence-corrected chi connectivity index (χ3v) is 2.63. The largest absolute Gasteiger partial charge is 0.464 e. The van der Waals surface area contributed by atoms with E-state index in [1.165, 1.54) is 7.11 Å². The van der Waals surface area contributed by atoms with Gasteiger partial charge in [-0.1, -0.05) is 0 Å². The Morgan fingerprint density at radius 3 is 2.78 bits per heavy atom. The predicted molar refractivity (Wildman–Crippen MR) is 66.9 cm³/mol. The second-order valence-electron chi connectivity index (χ2n) is 3.93. The molecule has 0 bridgehead atoms. The smallest absolute Gasteiger partial charge is 0.358 e. The fourth-order valence-corrected chi connectivity index (χ4v) is 1.77. The maximum Gasteiger partial charge on any atom is 0.358 e. The van der Waals surface area contributed by atoms with Crippen LogP contribution < -0.4 is 5.73 Å². The van der Waals surface area contributed by atoms with E-state index in [2.05, 4.69) is 9.97 Å². The molecule has 0 amide bonds. The first-order chi connectivity index (χ1) is 8.54. The van der Waals surface area contributed by atoms with Gasteiger partial charge in [-0.3, -0.25) is 0 Å². The highest BCUT2D eigenvalue weighted by molar-refractivity contribution is 5.95. The van der Waals surface area contributed by atoms with Crippen molar-refractivity contribution in [2.75, 3.05) is 12.8 Å². The average Bonchev–Trinajstić information content (AvgIpc) is 2.70. The van der Waals surface area contributed by atoms with Gasteiger partial charge in [0.2, 0.25) is 0 Å². The molecule has 0 saturated carbocycles.